The summed E-state index contributed by atoms with van der Waals surface area (Å²) in [5.41, 5.74) is 0. The third-order valence-corrected chi connectivity index (χ3v) is 5.45. The van der Waals surface area contributed by atoms with Crippen molar-refractivity contribution >= 4 is 17.7 Å². The standard InChI is InChI=1S/C16H22N2O2S/c1-11-8-18(9-12(11)17(2)3)16(19)14-10-21-15-7-5-4-6-13(15)20-14/h4-7,11-12,14H,8-10H2,1-3H3/t11-,12+,14+/m1/s1. The summed E-state index contributed by atoms with van der Waals surface area (Å²) < 4.78 is 5.91. The van der Waals surface area contributed by atoms with Crippen LogP contribution in [0.4, 0.5) is 0 Å². The zero-order valence-electron chi connectivity index (χ0n) is 12.8. The molecule has 1 aromatic carbocycles. The van der Waals surface area contributed by atoms with Crippen molar-refractivity contribution in [3.8, 4) is 5.75 Å². The first kappa shape index (κ1) is 14.7. The SMILES string of the molecule is C[C@@H]1CN(C(=O)[C@@H]2CSc3ccccc3O2)C[C@@H]1N(C)C. The van der Waals surface area contributed by atoms with E-state index < -0.39 is 0 Å². The van der Waals surface area contributed by atoms with Gasteiger partial charge in [-0.2, -0.15) is 0 Å². The predicted molar refractivity (Wildman–Crippen MR) is 84.8 cm³/mol. The number of nitrogens with zero attached hydrogens (tertiary/aromatic N) is 2. The fourth-order valence-electron chi connectivity index (χ4n) is 3.15. The zero-order valence-corrected chi connectivity index (χ0v) is 13.6. The van der Waals surface area contributed by atoms with Gasteiger partial charge in [0.1, 0.15) is 5.75 Å². The Kier molecular flexibility index (Phi) is 4.13. The number of hydrogen-bond donors (Lipinski definition) is 0. The van der Waals surface area contributed by atoms with Crippen LogP contribution in [0.3, 0.4) is 0 Å². The molecule has 1 saturated heterocycles. The maximum Gasteiger partial charge on any atom is 0.264 e. The second-order valence-corrected chi connectivity index (χ2v) is 7.18. The highest BCUT2D eigenvalue weighted by Crippen LogP contribution is 2.35. The first-order chi connectivity index (χ1) is 10.1. The van der Waals surface area contributed by atoms with Crippen molar-refractivity contribution in [2.24, 2.45) is 5.92 Å². The molecule has 4 nitrogen and oxygen atoms in total. The van der Waals surface area contributed by atoms with Crippen LogP contribution in [0.15, 0.2) is 29.2 Å². The number of thioether (sulfide) groups is 1. The maximum absolute atomic E-state index is 12.7. The number of likely N-dealkylation sites (N-methyl/N-ethyl adjacent to an activating group) is 1. The van der Waals surface area contributed by atoms with Crippen molar-refractivity contribution in [1.82, 2.24) is 9.80 Å². The fourth-order valence-corrected chi connectivity index (χ4v) is 4.12. The highest BCUT2D eigenvalue weighted by molar-refractivity contribution is 7.99. The Balaban J connectivity index is 1.68. The number of para-hydroxylation sites is 1. The van der Waals surface area contributed by atoms with E-state index in [1.54, 1.807) is 11.8 Å². The summed E-state index contributed by atoms with van der Waals surface area (Å²) in [7, 11) is 4.16. The van der Waals surface area contributed by atoms with Crippen LogP contribution < -0.4 is 4.74 Å². The van der Waals surface area contributed by atoms with Crippen LogP contribution in [-0.2, 0) is 4.79 Å². The number of ether oxygens (including phenoxy) is 1. The highest BCUT2D eigenvalue weighted by Gasteiger charge is 2.38. The Morgan fingerprint density at radius 2 is 2.10 bits per heavy atom. The van der Waals surface area contributed by atoms with Gasteiger partial charge in [-0.05, 0) is 32.1 Å². The summed E-state index contributed by atoms with van der Waals surface area (Å²) >= 11 is 1.71. The van der Waals surface area contributed by atoms with E-state index in [1.807, 2.05) is 29.2 Å². The molecule has 3 atom stereocenters. The number of amides is 1. The van der Waals surface area contributed by atoms with Crippen LogP contribution in [0.2, 0.25) is 0 Å². The second-order valence-electron chi connectivity index (χ2n) is 6.12. The van der Waals surface area contributed by atoms with E-state index in [1.165, 1.54) is 0 Å². The lowest BCUT2D eigenvalue weighted by Crippen LogP contribution is -2.44. The number of carbonyl (C=O) groups is 1. The summed E-state index contributed by atoms with van der Waals surface area (Å²) in [6.45, 7) is 3.84. The Hall–Kier alpha value is -1.20. The monoisotopic (exact) mass is 306 g/mol. The molecule has 0 radical (unpaired) electrons. The maximum atomic E-state index is 12.7. The van der Waals surface area contributed by atoms with Crippen LogP contribution >= 0.6 is 11.8 Å². The van der Waals surface area contributed by atoms with Gasteiger partial charge in [0.05, 0.1) is 0 Å². The van der Waals surface area contributed by atoms with E-state index >= 15 is 0 Å². The van der Waals surface area contributed by atoms with E-state index in [2.05, 4.69) is 25.9 Å². The number of carbonyl (C=O) groups excluding carboxylic acids is 1. The van der Waals surface area contributed by atoms with E-state index in [0.717, 1.165) is 23.7 Å². The third kappa shape index (κ3) is 2.90. The summed E-state index contributed by atoms with van der Waals surface area (Å²) in [6.07, 6.45) is -0.349. The molecule has 0 spiro atoms. The summed E-state index contributed by atoms with van der Waals surface area (Å²) in [6, 6.07) is 8.38. The van der Waals surface area contributed by atoms with Crippen molar-refractivity contribution in [2.45, 2.75) is 24.0 Å². The average Bonchev–Trinajstić information content (AvgIpc) is 2.88. The van der Waals surface area contributed by atoms with Crippen LogP contribution in [0.1, 0.15) is 6.92 Å². The van der Waals surface area contributed by atoms with Gasteiger partial charge in [0.2, 0.25) is 0 Å². The van der Waals surface area contributed by atoms with Crippen LogP contribution in [0.5, 0.6) is 5.75 Å². The lowest BCUT2D eigenvalue weighted by atomic mass is 10.1. The first-order valence-corrected chi connectivity index (χ1v) is 8.38. The van der Waals surface area contributed by atoms with Crippen LogP contribution in [0, 0.1) is 5.92 Å². The van der Waals surface area contributed by atoms with Gasteiger partial charge in [-0.25, -0.2) is 0 Å². The number of hydrogen-bond acceptors (Lipinski definition) is 4. The lowest BCUT2D eigenvalue weighted by Gasteiger charge is -2.28. The largest absolute Gasteiger partial charge is 0.479 e. The van der Waals surface area contributed by atoms with Crippen molar-refractivity contribution in [3.63, 3.8) is 0 Å². The van der Waals surface area contributed by atoms with E-state index in [9.17, 15) is 4.79 Å². The highest BCUT2D eigenvalue weighted by atomic mass is 32.2. The van der Waals surface area contributed by atoms with Crippen molar-refractivity contribution in [3.05, 3.63) is 24.3 Å². The van der Waals surface area contributed by atoms with Gasteiger partial charge < -0.3 is 14.5 Å². The molecular weight excluding hydrogens is 284 g/mol. The Morgan fingerprint density at radius 1 is 1.33 bits per heavy atom. The molecule has 114 valence electrons. The van der Waals surface area contributed by atoms with Crippen molar-refractivity contribution in [2.75, 3.05) is 32.9 Å². The molecular formula is C16H22N2O2S. The summed E-state index contributed by atoms with van der Waals surface area (Å²) in [4.78, 5) is 18.0. The number of likely N-dealkylation sites (tertiary alicyclic amines) is 1. The van der Waals surface area contributed by atoms with Gasteiger partial charge >= 0.3 is 0 Å². The number of rotatable bonds is 2. The molecule has 2 aliphatic heterocycles. The Morgan fingerprint density at radius 3 is 2.81 bits per heavy atom. The normalized spacial score (nSPS) is 28.4. The van der Waals surface area contributed by atoms with E-state index in [0.29, 0.717) is 17.7 Å². The van der Waals surface area contributed by atoms with Gasteiger partial charge in [-0.1, -0.05) is 19.1 Å². The molecule has 0 saturated carbocycles. The summed E-state index contributed by atoms with van der Waals surface area (Å²) in [5.74, 6) is 2.18. The van der Waals surface area contributed by atoms with E-state index in [-0.39, 0.29) is 12.0 Å². The number of fused-ring (bicyclic) bond motifs is 1. The predicted octanol–water partition coefficient (Wildman–Crippen LogP) is 1.95. The fraction of sp³-hybridized carbons (Fsp3) is 0.562. The van der Waals surface area contributed by atoms with Gasteiger partial charge in [0, 0.05) is 29.8 Å². The topological polar surface area (TPSA) is 32.8 Å². The number of benzene rings is 1. The molecule has 0 aliphatic carbocycles. The second kappa shape index (κ2) is 5.89. The third-order valence-electron chi connectivity index (χ3n) is 4.33. The molecule has 0 N–H and O–H groups in total. The minimum atomic E-state index is -0.349. The van der Waals surface area contributed by atoms with Crippen molar-refractivity contribution < 1.29 is 9.53 Å². The molecule has 1 fully saturated rings. The van der Waals surface area contributed by atoms with Gasteiger partial charge in [-0.15, -0.1) is 11.8 Å². The minimum Gasteiger partial charge on any atom is -0.479 e. The Bertz CT molecular complexity index is 535. The molecule has 2 heterocycles. The van der Waals surface area contributed by atoms with E-state index in [4.69, 9.17) is 4.74 Å². The molecule has 2 aliphatic rings. The summed E-state index contributed by atoms with van der Waals surface area (Å²) in [5, 5.41) is 0. The van der Waals surface area contributed by atoms with Gasteiger partial charge in [-0.3, -0.25) is 4.79 Å². The van der Waals surface area contributed by atoms with Gasteiger partial charge in [0.15, 0.2) is 6.10 Å². The van der Waals surface area contributed by atoms with Gasteiger partial charge in [0.25, 0.3) is 5.91 Å². The van der Waals surface area contributed by atoms with Crippen molar-refractivity contribution in [1.29, 1.82) is 0 Å². The first-order valence-electron chi connectivity index (χ1n) is 7.40. The molecule has 0 unspecified atom stereocenters. The Labute approximate surface area is 130 Å². The molecule has 5 heteroatoms. The zero-order chi connectivity index (χ0) is 15.0. The molecule has 1 aromatic rings. The molecule has 3 rings (SSSR count). The molecule has 0 aromatic heterocycles. The van der Waals surface area contributed by atoms with Crippen LogP contribution in [-0.4, -0.2) is 60.8 Å². The quantitative estimate of drug-likeness (QED) is 0.836. The average molecular weight is 306 g/mol. The molecule has 0 bridgehead atoms. The lowest BCUT2D eigenvalue weighted by molar-refractivity contribution is -0.137. The smallest absolute Gasteiger partial charge is 0.264 e. The molecule has 21 heavy (non-hydrogen) atoms. The van der Waals surface area contributed by atoms with Crippen LogP contribution in [0.25, 0.3) is 0 Å². The molecule has 1 amide bonds. The minimum absolute atomic E-state index is 0.133.